The van der Waals surface area contributed by atoms with Crippen molar-refractivity contribution in [3.63, 3.8) is 0 Å². The van der Waals surface area contributed by atoms with Crippen molar-refractivity contribution in [1.29, 1.82) is 0 Å². The lowest BCUT2D eigenvalue weighted by atomic mass is 9.65. The first kappa shape index (κ1) is 19.1. The van der Waals surface area contributed by atoms with Crippen LogP contribution in [0.3, 0.4) is 0 Å². The highest BCUT2D eigenvalue weighted by atomic mass is 16.5. The fourth-order valence-corrected chi connectivity index (χ4v) is 7.04. The molecule has 2 aliphatic heterocycles. The first-order valence-electron chi connectivity index (χ1n) is 10.7. The average Bonchev–Trinajstić information content (AvgIpc) is 3.11. The van der Waals surface area contributed by atoms with Crippen LogP contribution < -0.4 is 0 Å². The summed E-state index contributed by atoms with van der Waals surface area (Å²) < 4.78 is 5.10. The number of hydrogen-bond acceptors (Lipinski definition) is 6. The number of aliphatic hydroxyl groups is 2. The average molecular weight is 399 g/mol. The number of aliphatic hydroxyl groups excluding tert-OH is 2. The molecule has 0 radical (unpaired) electrons. The lowest BCUT2D eigenvalue weighted by Crippen LogP contribution is -2.47. The summed E-state index contributed by atoms with van der Waals surface area (Å²) in [5, 5.41) is 21.2. The third-order valence-electron chi connectivity index (χ3n) is 8.37. The predicted molar refractivity (Wildman–Crippen MR) is 106 cm³/mol. The Hall–Kier alpha value is -1.92. The van der Waals surface area contributed by atoms with Crippen LogP contribution >= 0.6 is 0 Å². The molecule has 2 fully saturated rings. The van der Waals surface area contributed by atoms with Gasteiger partial charge in [0.15, 0.2) is 5.78 Å². The Morgan fingerprint density at radius 3 is 2.76 bits per heavy atom. The van der Waals surface area contributed by atoms with E-state index in [1.54, 1.807) is 0 Å². The van der Waals surface area contributed by atoms with E-state index in [2.05, 4.69) is 18.7 Å². The Labute approximate surface area is 170 Å². The number of allylic oxidation sites excluding steroid dienone is 2. The first-order chi connectivity index (χ1) is 13.8. The molecule has 3 aliphatic carbocycles. The van der Waals surface area contributed by atoms with Crippen LogP contribution in [-0.4, -0.2) is 59.7 Å². The van der Waals surface area contributed by atoms with Gasteiger partial charge in [0, 0.05) is 54.6 Å². The molecule has 5 aliphatic rings. The minimum Gasteiger partial charge on any atom is -0.511 e. The SMILES string of the molecule is COC(=O)C1=C(CCO)C2=C3C1=C(O)[C@@H]1C[C@H]4N(CC1C)C[C@@H](CCC2=O)[C@@]34C. The van der Waals surface area contributed by atoms with E-state index in [1.807, 2.05) is 0 Å². The van der Waals surface area contributed by atoms with Gasteiger partial charge in [-0.05, 0) is 42.2 Å². The summed E-state index contributed by atoms with van der Waals surface area (Å²) in [6.07, 6.45) is 2.32. The van der Waals surface area contributed by atoms with Gasteiger partial charge in [0.05, 0.1) is 12.7 Å². The van der Waals surface area contributed by atoms with Crippen molar-refractivity contribution in [3.8, 4) is 0 Å². The zero-order valence-electron chi connectivity index (χ0n) is 17.3. The van der Waals surface area contributed by atoms with Crippen molar-refractivity contribution in [2.45, 2.75) is 45.6 Å². The van der Waals surface area contributed by atoms with Crippen LogP contribution in [0.25, 0.3) is 0 Å². The summed E-state index contributed by atoms with van der Waals surface area (Å²) in [6.45, 7) is 6.12. The van der Waals surface area contributed by atoms with Gasteiger partial charge >= 0.3 is 5.97 Å². The van der Waals surface area contributed by atoms with E-state index in [-0.39, 0.29) is 47.9 Å². The van der Waals surface area contributed by atoms with Crippen molar-refractivity contribution in [2.24, 2.45) is 23.2 Å². The van der Waals surface area contributed by atoms with E-state index in [4.69, 9.17) is 4.74 Å². The van der Waals surface area contributed by atoms with E-state index in [9.17, 15) is 19.8 Å². The van der Waals surface area contributed by atoms with Crippen molar-refractivity contribution >= 4 is 11.8 Å². The van der Waals surface area contributed by atoms with E-state index >= 15 is 0 Å². The maximum Gasteiger partial charge on any atom is 0.338 e. The number of ether oxygens (including phenoxy) is 1. The van der Waals surface area contributed by atoms with Crippen LogP contribution in [0.1, 0.15) is 39.5 Å². The van der Waals surface area contributed by atoms with E-state index < -0.39 is 5.97 Å². The molecule has 0 aromatic rings. The summed E-state index contributed by atoms with van der Waals surface area (Å²) in [5.74, 6) is 0.270. The molecule has 0 aromatic carbocycles. The Morgan fingerprint density at radius 1 is 1.31 bits per heavy atom. The number of fused-ring (bicyclic) bond motifs is 1. The Morgan fingerprint density at radius 2 is 2.07 bits per heavy atom. The molecule has 5 atom stereocenters. The molecule has 6 nitrogen and oxygen atoms in total. The third-order valence-corrected chi connectivity index (χ3v) is 8.37. The van der Waals surface area contributed by atoms with Gasteiger partial charge in [-0.3, -0.25) is 9.69 Å². The molecule has 2 saturated heterocycles. The fourth-order valence-electron chi connectivity index (χ4n) is 7.04. The maximum absolute atomic E-state index is 13.3. The molecule has 0 amide bonds. The lowest BCUT2D eigenvalue weighted by molar-refractivity contribution is -0.135. The normalized spacial score (nSPS) is 38.6. The Bertz CT molecular complexity index is 912. The highest BCUT2D eigenvalue weighted by Crippen LogP contribution is 2.64. The standard InChI is InChI=1S/C23H29NO5/c1-11-9-24-10-12-4-5-15(26)17-13(6-7-25)18(22(28)29-3)19-20(17)23(12,2)16(24)8-14(11)21(19)27/h11-12,14,16,25,27H,4-10H2,1-3H3/t11?,12-,14-,16-,23-/m1/s1. The molecule has 29 heavy (non-hydrogen) atoms. The second-order valence-corrected chi connectivity index (χ2v) is 9.56. The number of esters is 1. The number of hydrogen-bond donors (Lipinski definition) is 2. The number of carbonyl (C=O) groups excluding carboxylic acids is 2. The van der Waals surface area contributed by atoms with E-state index in [1.165, 1.54) is 7.11 Å². The van der Waals surface area contributed by atoms with Gasteiger partial charge in [-0.1, -0.05) is 13.8 Å². The largest absolute Gasteiger partial charge is 0.511 e. The molecule has 0 aromatic heterocycles. The molecule has 5 rings (SSSR count). The first-order valence-corrected chi connectivity index (χ1v) is 10.7. The molecule has 6 heteroatoms. The van der Waals surface area contributed by atoms with E-state index in [0.717, 1.165) is 31.5 Å². The second kappa shape index (κ2) is 6.29. The quantitative estimate of drug-likeness (QED) is 0.708. The van der Waals surface area contributed by atoms with Gasteiger partial charge in [0.1, 0.15) is 5.76 Å². The number of ketones is 1. The molecule has 0 spiro atoms. The Kier molecular flexibility index (Phi) is 4.13. The van der Waals surface area contributed by atoms with Crippen LogP contribution in [0.2, 0.25) is 0 Å². The Balaban J connectivity index is 1.88. The molecule has 2 bridgehead atoms. The van der Waals surface area contributed by atoms with Gasteiger partial charge in [-0.2, -0.15) is 0 Å². The van der Waals surface area contributed by atoms with Crippen LogP contribution in [0.5, 0.6) is 0 Å². The molecule has 1 unspecified atom stereocenters. The fraction of sp³-hybridized carbons (Fsp3) is 0.652. The highest BCUT2D eigenvalue weighted by molar-refractivity contribution is 6.10. The van der Waals surface area contributed by atoms with Gasteiger partial charge in [-0.15, -0.1) is 0 Å². The molecular formula is C23H29NO5. The van der Waals surface area contributed by atoms with E-state index in [0.29, 0.717) is 34.6 Å². The zero-order valence-corrected chi connectivity index (χ0v) is 17.3. The molecule has 2 N–H and O–H groups in total. The number of rotatable bonds is 3. The highest BCUT2D eigenvalue weighted by Gasteiger charge is 2.62. The summed E-state index contributed by atoms with van der Waals surface area (Å²) in [5.41, 5.74) is 2.55. The molecule has 2 heterocycles. The monoisotopic (exact) mass is 399 g/mol. The van der Waals surface area contributed by atoms with Crippen LogP contribution in [-0.2, 0) is 14.3 Å². The van der Waals surface area contributed by atoms with Gasteiger partial charge in [0.25, 0.3) is 0 Å². The topological polar surface area (TPSA) is 87.1 Å². The van der Waals surface area contributed by atoms with Crippen molar-refractivity contribution in [1.82, 2.24) is 4.90 Å². The summed E-state index contributed by atoms with van der Waals surface area (Å²) >= 11 is 0. The van der Waals surface area contributed by atoms with Crippen LogP contribution in [0, 0.1) is 23.2 Å². The number of methoxy groups -OCH3 is 1. The zero-order chi connectivity index (χ0) is 20.7. The second-order valence-electron chi connectivity index (χ2n) is 9.56. The van der Waals surface area contributed by atoms with Gasteiger partial charge in [0.2, 0.25) is 0 Å². The lowest BCUT2D eigenvalue weighted by Gasteiger charge is -2.43. The number of piperidine rings is 1. The smallest absolute Gasteiger partial charge is 0.338 e. The molecule has 0 saturated carbocycles. The third kappa shape index (κ3) is 2.24. The maximum atomic E-state index is 13.3. The molecule has 156 valence electrons. The van der Waals surface area contributed by atoms with Gasteiger partial charge in [-0.25, -0.2) is 4.79 Å². The molecular weight excluding hydrogens is 370 g/mol. The number of carbonyl (C=O) groups is 2. The minimum absolute atomic E-state index is 0.0272. The van der Waals surface area contributed by atoms with Crippen LogP contribution in [0.15, 0.2) is 33.6 Å². The summed E-state index contributed by atoms with van der Waals surface area (Å²) in [4.78, 5) is 28.8. The predicted octanol–water partition coefficient (Wildman–Crippen LogP) is 2.30. The number of Topliss-reactive ketones (excluding diaryl/α,β-unsaturated/α-hetero) is 1. The minimum atomic E-state index is -0.532. The van der Waals surface area contributed by atoms with Crippen molar-refractivity contribution in [3.05, 3.63) is 33.6 Å². The van der Waals surface area contributed by atoms with Gasteiger partial charge < -0.3 is 14.9 Å². The summed E-state index contributed by atoms with van der Waals surface area (Å²) in [7, 11) is 1.33. The van der Waals surface area contributed by atoms with Crippen molar-refractivity contribution in [2.75, 3.05) is 26.8 Å². The van der Waals surface area contributed by atoms with Crippen LogP contribution in [0.4, 0.5) is 0 Å². The summed E-state index contributed by atoms with van der Waals surface area (Å²) in [6, 6.07) is 0.247. The number of nitrogens with zero attached hydrogens (tertiary/aromatic N) is 1. The van der Waals surface area contributed by atoms with Crippen molar-refractivity contribution < 1.29 is 24.5 Å².